The van der Waals surface area contributed by atoms with E-state index in [9.17, 15) is 0 Å². The average molecular weight is 527 g/mol. The molecule has 2 aliphatic carbocycles. The Bertz CT molecular complexity index is 757. The van der Waals surface area contributed by atoms with Crippen molar-refractivity contribution < 1.29 is 23.3 Å². The minimum Gasteiger partial charge on any atom is -0.147 e. The van der Waals surface area contributed by atoms with Crippen LogP contribution in [0.1, 0.15) is 55.4 Å². The SMILES string of the molecule is CC1=[C-]C(C)C(C)=C1C.CC1=[C-]C(C)C(C)=C1C.C[Si](=[Zr+2])c1ccccc1.Cl.Cl. The van der Waals surface area contributed by atoms with Crippen LogP contribution in [0.25, 0.3) is 0 Å². The zero-order valence-electron chi connectivity index (χ0n) is 19.4. The zero-order chi connectivity index (χ0) is 20.7. The average Bonchev–Trinajstić information content (AvgIpc) is 3.00. The Morgan fingerprint density at radius 2 is 1.07 bits per heavy atom. The first-order valence-corrected chi connectivity index (χ1v) is 15.4. The molecule has 0 bridgehead atoms. The molecule has 29 heavy (non-hydrogen) atoms. The molecule has 0 heterocycles. The number of benzene rings is 1. The van der Waals surface area contributed by atoms with Gasteiger partial charge in [-0.25, -0.2) is 11.1 Å². The van der Waals surface area contributed by atoms with Crippen molar-refractivity contribution in [3.63, 3.8) is 0 Å². The van der Waals surface area contributed by atoms with Crippen LogP contribution in [-0.4, -0.2) is 5.43 Å². The first-order valence-electron chi connectivity index (χ1n) is 9.72. The summed E-state index contributed by atoms with van der Waals surface area (Å²) >= 11 is 1.69. The predicted molar refractivity (Wildman–Crippen MR) is 132 cm³/mol. The summed E-state index contributed by atoms with van der Waals surface area (Å²) in [7, 11) is 0. The molecule has 0 fully saturated rings. The summed E-state index contributed by atoms with van der Waals surface area (Å²) in [6.07, 6.45) is 6.72. The Balaban J connectivity index is 0. The van der Waals surface area contributed by atoms with Crippen LogP contribution in [0.4, 0.5) is 0 Å². The minimum atomic E-state index is -0.122. The van der Waals surface area contributed by atoms with Gasteiger partial charge in [-0.3, -0.25) is 12.2 Å². The summed E-state index contributed by atoms with van der Waals surface area (Å²) in [6, 6.07) is 10.8. The molecule has 1 aromatic carbocycles. The number of rotatable bonds is 1. The molecule has 0 amide bonds. The molecule has 0 nitrogen and oxygen atoms in total. The van der Waals surface area contributed by atoms with Crippen LogP contribution in [-0.2, 0) is 23.3 Å². The Labute approximate surface area is 207 Å². The molecule has 158 valence electrons. The van der Waals surface area contributed by atoms with Crippen LogP contribution in [0.3, 0.4) is 0 Å². The number of allylic oxidation sites excluding steroid dienone is 8. The molecule has 0 spiro atoms. The summed E-state index contributed by atoms with van der Waals surface area (Å²) in [4.78, 5) is 0. The van der Waals surface area contributed by atoms with E-state index in [1.165, 1.54) is 33.4 Å². The van der Waals surface area contributed by atoms with Gasteiger partial charge in [0.25, 0.3) is 0 Å². The molecule has 4 heteroatoms. The molecule has 0 saturated carbocycles. The fraction of sp³-hybridized carbons (Fsp3) is 0.440. The van der Waals surface area contributed by atoms with Crippen LogP contribution in [0.5, 0.6) is 0 Å². The van der Waals surface area contributed by atoms with Gasteiger partial charge >= 0.3 is 70.8 Å². The first-order chi connectivity index (χ1) is 12.6. The van der Waals surface area contributed by atoms with E-state index in [4.69, 9.17) is 0 Å². The Morgan fingerprint density at radius 1 is 0.724 bits per heavy atom. The van der Waals surface area contributed by atoms with Crippen LogP contribution in [0.2, 0.25) is 6.55 Å². The topological polar surface area (TPSA) is 0 Å². The van der Waals surface area contributed by atoms with E-state index < -0.39 is 0 Å². The molecule has 2 unspecified atom stereocenters. The molecular formula is C25H36Cl2SiZr. The van der Waals surface area contributed by atoms with Crippen molar-refractivity contribution in [2.24, 2.45) is 11.8 Å². The van der Waals surface area contributed by atoms with Gasteiger partial charge in [0.1, 0.15) is 0 Å². The van der Waals surface area contributed by atoms with Crippen molar-refractivity contribution in [3.8, 4) is 0 Å². The summed E-state index contributed by atoms with van der Waals surface area (Å²) in [5.74, 6) is 1.12. The number of hydrogen-bond acceptors (Lipinski definition) is 0. The molecule has 0 radical (unpaired) electrons. The Kier molecular flexibility index (Phi) is 15.8. The summed E-state index contributed by atoms with van der Waals surface area (Å²) in [5, 5.41) is 1.56. The largest absolute Gasteiger partial charge is 0.147 e. The fourth-order valence-electron chi connectivity index (χ4n) is 3.01. The van der Waals surface area contributed by atoms with Crippen LogP contribution < -0.4 is 5.19 Å². The smallest absolute Gasteiger partial charge is 0.147 e. The summed E-state index contributed by atoms with van der Waals surface area (Å²) in [6.45, 7) is 19.7. The molecule has 0 saturated heterocycles. The van der Waals surface area contributed by atoms with E-state index in [-0.39, 0.29) is 30.2 Å². The maximum absolute atomic E-state index is 3.36. The normalized spacial score (nSPS) is 19.7. The van der Waals surface area contributed by atoms with E-state index in [1.54, 1.807) is 28.5 Å². The minimum absolute atomic E-state index is 0. The quantitative estimate of drug-likeness (QED) is 0.265. The Morgan fingerprint density at radius 3 is 1.21 bits per heavy atom. The van der Waals surface area contributed by atoms with Gasteiger partial charge in [-0.05, 0) is 0 Å². The monoisotopic (exact) mass is 524 g/mol. The third-order valence-electron chi connectivity index (χ3n) is 5.68. The second-order valence-electron chi connectivity index (χ2n) is 7.59. The van der Waals surface area contributed by atoms with Crippen molar-refractivity contribution >= 4 is 35.4 Å². The third kappa shape index (κ3) is 9.69. The van der Waals surface area contributed by atoms with E-state index in [1.807, 2.05) is 0 Å². The van der Waals surface area contributed by atoms with Crippen LogP contribution in [0, 0.1) is 24.0 Å². The number of hydrogen-bond donors (Lipinski definition) is 0. The molecule has 0 N–H and O–H groups in total. The molecule has 1 aromatic rings. The van der Waals surface area contributed by atoms with Crippen molar-refractivity contribution in [2.45, 2.75) is 61.9 Å². The standard InChI is InChI=1S/2C9H13.C7H8Si.2ClH.Zr/c2*1-6-5-7(2)9(4)8(6)3;1-8-7-5-3-2-4-6-7;;;/h2*6H,1-4H3;2-6H,1H3;2*1H;/q2*-1;;;;+2. The van der Waals surface area contributed by atoms with Gasteiger partial charge in [-0.2, -0.15) is 22.3 Å². The molecule has 3 rings (SSSR count). The van der Waals surface area contributed by atoms with Gasteiger partial charge in [-0.15, -0.1) is 38.7 Å². The first kappa shape index (κ1) is 31.0. The predicted octanol–water partition coefficient (Wildman–Crippen LogP) is 7.35. The van der Waals surface area contributed by atoms with Crippen molar-refractivity contribution in [3.05, 3.63) is 75.9 Å². The van der Waals surface area contributed by atoms with Crippen LogP contribution in [0.15, 0.2) is 63.8 Å². The maximum atomic E-state index is 3.36. The Hall–Kier alpha value is -0.140. The summed E-state index contributed by atoms with van der Waals surface area (Å²) in [5.41, 5.74) is 8.37. The third-order valence-corrected chi connectivity index (χ3v) is 9.01. The second-order valence-corrected chi connectivity index (χ2v) is 14.9. The molecule has 0 aliphatic heterocycles. The maximum Gasteiger partial charge on any atom is -0.147 e. The van der Waals surface area contributed by atoms with Crippen molar-refractivity contribution in [1.29, 1.82) is 0 Å². The molecule has 2 atom stereocenters. The molecular weight excluding hydrogens is 490 g/mol. The molecule has 2 aliphatic rings. The van der Waals surface area contributed by atoms with E-state index in [0.29, 0.717) is 11.8 Å². The van der Waals surface area contributed by atoms with E-state index >= 15 is 0 Å². The zero-order valence-corrected chi connectivity index (χ0v) is 24.4. The van der Waals surface area contributed by atoms with E-state index in [2.05, 4.69) is 104 Å². The second kappa shape index (κ2) is 14.8. The van der Waals surface area contributed by atoms with Gasteiger partial charge in [-0.1, -0.05) is 53.4 Å². The number of halogens is 2. The van der Waals surface area contributed by atoms with Crippen molar-refractivity contribution in [1.82, 2.24) is 0 Å². The fourth-order valence-corrected chi connectivity index (χ4v) is 4.93. The molecule has 0 aromatic heterocycles. The van der Waals surface area contributed by atoms with Crippen molar-refractivity contribution in [2.75, 3.05) is 0 Å². The van der Waals surface area contributed by atoms with Gasteiger partial charge in [0.15, 0.2) is 0 Å². The van der Waals surface area contributed by atoms with E-state index in [0.717, 1.165) is 0 Å². The van der Waals surface area contributed by atoms with Gasteiger partial charge < -0.3 is 0 Å². The van der Waals surface area contributed by atoms with Gasteiger partial charge in [0.05, 0.1) is 0 Å². The van der Waals surface area contributed by atoms with Crippen LogP contribution >= 0.6 is 24.8 Å². The van der Waals surface area contributed by atoms with Gasteiger partial charge in [0, 0.05) is 0 Å². The summed E-state index contributed by atoms with van der Waals surface area (Å²) < 4.78 is 0. The van der Waals surface area contributed by atoms with Gasteiger partial charge in [0.2, 0.25) is 0 Å².